The number of H-pyrrole nitrogens is 1. The van der Waals surface area contributed by atoms with Crippen LogP contribution in [0.2, 0.25) is 0 Å². The van der Waals surface area contributed by atoms with Crippen LogP contribution in [0, 0.1) is 26.2 Å². The maximum Gasteiger partial charge on any atom is 0.348 e. The van der Waals surface area contributed by atoms with Gasteiger partial charge in [-0.25, -0.2) is 9.18 Å². The van der Waals surface area contributed by atoms with E-state index in [0.717, 1.165) is 27.8 Å². The van der Waals surface area contributed by atoms with Gasteiger partial charge in [-0.15, -0.1) is 5.10 Å². The summed E-state index contributed by atoms with van der Waals surface area (Å²) in [6.45, 7) is 12.5. The highest BCUT2D eigenvalue weighted by molar-refractivity contribution is 5.82. The minimum absolute atomic E-state index is 0.268. The highest BCUT2D eigenvalue weighted by atomic mass is 19.1. The van der Waals surface area contributed by atoms with Crippen molar-refractivity contribution in [3.05, 3.63) is 69.1 Å². The van der Waals surface area contributed by atoms with Gasteiger partial charge in [0.15, 0.2) is 5.82 Å². The van der Waals surface area contributed by atoms with Gasteiger partial charge in [-0.1, -0.05) is 43.7 Å². The Morgan fingerprint density at radius 1 is 1.09 bits per heavy atom. The van der Waals surface area contributed by atoms with Crippen molar-refractivity contribution in [2.75, 3.05) is 6.67 Å². The van der Waals surface area contributed by atoms with Crippen molar-refractivity contribution in [3.63, 3.8) is 0 Å². The molecule has 0 aliphatic carbocycles. The SMILES string of the molecule is CC.Cc1ccc(-n2nc(-c3c(C)ccc(CNC(=O)C(C)(C)CF)c3C)[nH]c2=O)cc1. The van der Waals surface area contributed by atoms with Gasteiger partial charge in [0.05, 0.1) is 11.1 Å². The summed E-state index contributed by atoms with van der Waals surface area (Å²) in [7, 11) is 0. The van der Waals surface area contributed by atoms with Crippen LogP contribution in [-0.4, -0.2) is 27.3 Å². The molecule has 2 N–H and O–H groups in total. The Kier molecular flexibility index (Phi) is 8.14. The van der Waals surface area contributed by atoms with Crippen molar-refractivity contribution in [2.24, 2.45) is 5.41 Å². The van der Waals surface area contributed by atoms with Crippen LogP contribution >= 0.6 is 0 Å². The van der Waals surface area contributed by atoms with E-state index in [4.69, 9.17) is 0 Å². The fourth-order valence-electron chi connectivity index (χ4n) is 3.22. The number of amides is 1. The van der Waals surface area contributed by atoms with Gasteiger partial charge in [0.25, 0.3) is 0 Å². The minimum Gasteiger partial charge on any atom is -0.351 e. The molecule has 0 saturated heterocycles. The molecule has 0 atom stereocenters. The summed E-state index contributed by atoms with van der Waals surface area (Å²) >= 11 is 0. The first-order valence-corrected chi connectivity index (χ1v) is 10.8. The van der Waals surface area contributed by atoms with Crippen molar-refractivity contribution < 1.29 is 9.18 Å². The molecule has 0 bridgehead atoms. The Hall–Kier alpha value is -3.22. The molecule has 1 heterocycles. The Morgan fingerprint density at radius 2 is 1.72 bits per heavy atom. The van der Waals surface area contributed by atoms with E-state index in [9.17, 15) is 14.0 Å². The molecular formula is C25H33FN4O2. The average molecular weight is 441 g/mol. The number of halogens is 1. The van der Waals surface area contributed by atoms with E-state index < -0.39 is 12.1 Å². The smallest absolute Gasteiger partial charge is 0.348 e. The lowest BCUT2D eigenvalue weighted by Gasteiger charge is -2.20. The maximum absolute atomic E-state index is 13.1. The lowest BCUT2D eigenvalue weighted by atomic mass is 9.93. The topological polar surface area (TPSA) is 79.8 Å². The van der Waals surface area contributed by atoms with E-state index in [-0.39, 0.29) is 18.1 Å². The zero-order valence-corrected chi connectivity index (χ0v) is 20.0. The Bertz CT molecular complexity index is 1130. The standard InChI is InChI=1S/C23H27FN4O2.C2H6/c1-14-6-10-18(11-7-14)28-22(30)26-20(27-28)19-15(2)8-9-17(16(19)3)12-25-21(29)23(4,5)13-24;1-2/h6-11H,12-13H2,1-5H3,(H,25,29)(H,26,27,30);1-2H3. The molecule has 6 nitrogen and oxygen atoms in total. The first-order valence-electron chi connectivity index (χ1n) is 10.8. The molecule has 1 aromatic heterocycles. The third-order valence-corrected chi connectivity index (χ3v) is 5.31. The van der Waals surface area contributed by atoms with Crippen LogP contribution in [0.25, 0.3) is 17.1 Å². The number of aryl methyl sites for hydroxylation is 2. The van der Waals surface area contributed by atoms with Crippen LogP contribution in [0.1, 0.15) is 49.9 Å². The number of nitrogens with one attached hydrogen (secondary N) is 2. The van der Waals surface area contributed by atoms with Crippen molar-refractivity contribution in [1.29, 1.82) is 0 Å². The predicted octanol–water partition coefficient (Wildman–Crippen LogP) is 4.79. The molecule has 0 aliphatic rings. The van der Waals surface area contributed by atoms with Crippen LogP contribution in [0.4, 0.5) is 4.39 Å². The van der Waals surface area contributed by atoms with Gasteiger partial charge >= 0.3 is 5.69 Å². The number of benzene rings is 2. The second-order valence-corrected chi connectivity index (χ2v) is 8.27. The van der Waals surface area contributed by atoms with Crippen LogP contribution < -0.4 is 11.0 Å². The van der Waals surface area contributed by atoms with Crippen LogP contribution in [0.15, 0.2) is 41.2 Å². The summed E-state index contributed by atoms with van der Waals surface area (Å²) in [5, 5.41) is 7.30. The van der Waals surface area contributed by atoms with Crippen LogP contribution in [-0.2, 0) is 11.3 Å². The highest BCUT2D eigenvalue weighted by Crippen LogP contribution is 2.27. The van der Waals surface area contributed by atoms with Gasteiger partial charge in [0.1, 0.15) is 6.67 Å². The summed E-state index contributed by atoms with van der Waals surface area (Å²) in [6.07, 6.45) is 0. The van der Waals surface area contributed by atoms with E-state index in [1.807, 2.05) is 71.0 Å². The van der Waals surface area contributed by atoms with Crippen molar-refractivity contribution in [3.8, 4) is 17.1 Å². The molecular weight excluding hydrogens is 407 g/mol. The summed E-state index contributed by atoms with van der Waals surface area (Å²) in [5.41, 5.74) is 3.93. The number of carbonyl (C=O) groups is 1. The third-order valence-electron chi connectivity index (χ3n) is 5.31. The summed E-state index contributed by atoms with van der Waals surface area (Å²) in [4.78, 5) is 27.6. The molecule has 3 aromatic rings. The van der Waals surface area contributed by atoms with E-state index >= 15 is 0 Å². The summed E-state index contributed by atoms with van der Waals surface area (Å²) in [5.74, 6) is 0.122. The maximum atomic E-state index is 13.1. The molecule has 7 heteroatoms. The molecule has 0 aliphatic heterocycles. The van der Waals surface area contributed by atoms with Gasteiger partial charge in [0, 0.05) is 12.1 Å². The van der Waals surface area contributed by atoms with Gasteiger partial charge in [0.2, 0.25) is 5.91 Å². The van der Waals surface area contributed by atoms with E-state index in [1.165, 1.54) is 4.68 Å². The largest absolute Gasteiger partial charge is 0.351 e. The zero-order chi connectivity index (χ0) is 24.1. The fourth-order valence-corrected chi connectivity index (χ4v) is 3.22. The molecule has 0 saturated carbocycles. The summed E-state index contributed by atoms with van der Waals surface area (Å²) < 4.78 is 14.4. The van der Waals surface area contributed by atoms with Crippen molar-refractivity contribution >= 4 is 5.91 Å². The number of rotatable bonds is 6. The lowest BCUT2D eigenvalue weighted by molar-refractivity contribution is -0.130. The molecule has 32 heavy (non-hydrogen) atoms. The quantitative estimate of drug-likeness (QED) is 0.578. The Balaban J connectivity index is 0.00000176. The lowest BCUT2D eigenvalue weighted by Crippen LogP contribution is -2.38. The molecule has 0 unspecified atom stereocenters. The second-order valence-electron chi connectivity index (χ2n) is 8.27. The van der Waals surface area contributed by atoms with Gasteiger partial charge < -0.3 is 5.32 Å². The zero-order valence-electron chi connectivity index (χ0n) is 20.0. The van der Waals surface area contributed by atoms with Crippen LogP contribution in [0.5, 0.6) is 0 Å². The minimum atomic E-state index is -1.07. The van der Waals surface area contributed by atoms with Crippen LogP contribution in [0.3, 0.4) is 0 Å². The number of alkyl halides is 1. The second kappa shape index (κ2) is 10.4. The van der Waals surface area contributed by atoms with E-state index in [1.54, 1.807) is 13.8 Å². The monoisotopic (exact) mass is 440 g/mol. The number of aromatic amines is 1. The first-order chi connectivity index (χ1) is 15.1. The molecule has 172 valence electrons. The van der Waals surface area contributed by atoms with E-state index in [0.29, 0.717) is 11.5 Å². The molecule has 2 aromatic carbocycles. The number of aromatic nitrogens is 3. The summed E-state index contributed by atoms with van der Waals surface area (Å²) in [6, 6.07) is 11.4. The first kappa shape index (κ1) is 25.0. The van der Waals surface area contributed by atoms with Gasteiger partial charge in [-0.3, -0.25) is 9.78 Å². The number of hydrogen-bond acceptors (Lipinski definition) is 3. The Labute approximate surface area is 188 Å². The van der Waals surface area contributed by atoms with Gasteiger partial charge in [-0.2, -0.15) is 4.68 Å². The predicted molar refractivity (Wildman–Crippen MR) is 127 cm³/mol. The van der Waals surface area contributed by atoms with Crippen molar-refractivity contribution in [2.45, 2.75) is 55.0 Å². The number of hydrogen-bond donors (Lipinski definition) is 2. The Morgan fingerprint density at radius 3 is 2.31 bits per heavy atom. The molecule has 0 spiro atoms. The van der Waals surface area contributed by atoms with Gasteiger partial charge in [-0.05, 0) is 63.4 Å². The number of nitrogens with zero attached hydrogens (tertiary/aromatic N) is 2. The van der Waals surface area contributed by atoms with Crippen molar-refractivity contribution in [1.82, 2.24) is 20.1 Å². The highest BCUT2D eigenvalue weighted by Gasteiger charge is 2.27. The molecule has 1 amide bonds. The normalized spacial score (nSPS) is 11.0. The molecule has 0 radical (unpaired) electrons. The molecule has 0 fully saturated rings. The fraction of sp³-hybridized carbons (Fsp3) is 0.400. The average Bonchev–Trinajstić information content (AvgIpc) is 3.16. The van der Waals surface area contributed by atoms with E-state index in [2.05, 4.69) is 15.4 Å². The third kappa shape index (κ3) is 5.33. The molecule has 3 rings (SSSR count). The number of carbonyl (C=O) groups excluding carboxylic acids is 1.